The third-order valence-electron chi connectivity index (χ3n) is 1.26. The number of hydrogen-bond donors (Lipinski definition) is 0. The molecule has 0 unspecified atom stereocenters. The lowest BCUT2D eigenvalue weighted by molar-refractivity contribution is -0.140. The van der Waals surface area contributed by atoms with E-state index in [1.807, 2.05) is 0 Å². The van der Waals surface area contributed by atoms with Crippen LogP contribution in [-0.4, -0.2) is 44.3 Å². The highest BCUT2D eigenvalue weighted by Crippen LogP contribution is 1.92. The molecule has 0 saturated carbocycles. The fraction of sp³-hybridized carbons (Fsp3) is 0.556. The van der Waals surface area contributed by atoms with Gasteiger partial charge in [-0.05, 0) is 6.92 Å². The van der Waals surface area contributed by atoms with Gasteiger partial charge in [0.05, 0.1) is 0 Å². The molecular weight excluding hydrogens is 186 g/mol. The first-order valence-corrected chi connectivity index (χ1v) is 4.12. The van der Waals surface area contributed by atoms with Gasteiger partial charge in [-0.3, -0.25) is 0 Å². The Bertz CT molecular complexity index is 235. The van der Waals surface area contributed by atoms with E-state index >= 15 is 0 Å². The summed E-state index contributed by atoms with van der Waals surface area (Å²) in [6, 6.07) is 0. The van der Waals surface area contributed by atoms with Crippen molar-refractivity contribution >= 4 is 12.1 Å². The second-order valence-electron chi connectivity index (χ2n) is 2.93. The van der Waals surface area contributed by atoms with Gasteiger partial charge in [0, 0.05) is 19.7 Å². The van der Waals surface area contributed by atoms with Crippen LogP contribution in [0.25, 0.3) is 0 Å². The van der Waals surface area contributed by atoms with Gasteiger partial charge in [0.1, 0.15) is 13.2 Å². The SMILES string of the molecule is C=C(C)C(=O)OCCOC(=O)N(C)C. The van der Waals surface area contributed by atoms with Crippen LogP contribution in [0.4, 0.5) is 4.79 Å². The highest BCUT2D eigenvalue weighted by molar-refractivity contribution is 5.86. The van der Waals surface area contributed by atoms with Crippen LogP contribution in [0.5, 0.6) is 0 Å². The standard InChI is InChI=1S/C9H15NO4/c1-7(2)8(11)13-5-6-14-9(12)10(3)4/h1,5-6H2,2-4H3. The Morgan fingerprint density at radius 1 is 1.21 bits per heavy atom. The van der Waals surface area contributed by atoms with E-state index in [-0.39, 0.29) is 13.2 Å². The van der Waals surface area contributed by atoms with Crippen molar-refractivity contribution in [3.8, 4) is 0 Å². The molecule has 0 rings (SSSR count). The minimum atomic E-state index is -0.481. The lowest BCUT2D eigenvalue weighted by Gasteiger charge is -2.10. The highest BCUT2D eigenvalue weighted by atomic mass is 16.6. The van der Waals surface area contributed by atoms with Crippen LogP contribution in [0.1, 0.15) is 6.92 Å². The molecule has 0 aliphatic heterocycles. The van der Waals surface area contributed by atoms with Gasteiger partial charge < -0.3 is 14.4 Å². The predicted molar refractivity (Wildman–Crippen MR) is 50.8 cm³/mol. The Morgan fingerprint density at radius 3 is 2.14 bits per heavy atom. The van der Waals surface area contributed by atoms with Crippen LogP contribution in [0.15, 0.2) is 12.2 Å². The lowest BCUT2D eigenvalue weighted by atomic mass is 10.4. The molecule has 0 N–H and O–H groups in total. The fourth-order valence-electron chi connectivity index (χ4n) is 0.516. The van der Waals surface area contributed by atoms with Crippen molar-refractivity contribution in [3.05, 3.63) is 12.2 Å². The van der Waals surface area contributed by atoms with E-state index in [0.29, 0.717) is 5.57 Å². The summed E-state index contributed by atoms with van der Waals surface area (Å²) in [7, 11) is 3.14. The molecule has 5 heteroatoms. The summed E-state index contributed by atoms with van der Waals surface area (Å²) in [4.78, 5) is 23.0. The molecule has 0 aliphatic carbocycles. The lowest BCUT2D eigenvalue weighted by Crippen LogP contribution is -2.24. The molecule has 0 aromatic rings. The molecule has 14 heavy (non-hydrogen) atoms. The molecule has 0 fully saturated rings. The topological polar surface area (TPSA) is 55.8 Å². The average Bonchev–Trinajstić information content (AvgIpc) is 2.11. The van der Waals surface area contributed by atoms with Crippen LogP contribution in [0.3, 0.4) is 0 Å². The van der Waals surface area contributed by atoms with Crippen molar-refractivity contribution in [1.29, 1.82) is 0 Å². The van der Waals surface area contributed by atoms with Gasteiger partial charge in [-0.25, -0.2) is 9.59 Å². The second kappa shape index (κ2) is 6.01. The Kier molecular flexibility index (Phi) is 5.36. The summed E-state index contributed by atoms with van der Waals surface area (Å²) in [5.41, 5.74) is 0.323. The Labute approximate surface area is 83.3 Å². The molecule has 0 atom stereocenters. The van der Waals surface area contributed by atoms with Gasteiger partial charge >= 0.3 is 12.1 Å². The third-order valence-corrected chi connectivity index (χ3v) is 1.26. The fourth-order valence-corrected chi connectivity index (χ4v) is 0.516. The first kappa shape index (κ1) is 12.5. The number of nitrogens with zero attached hydrogens (tertiary/aromatic N) is 1. The van der Waals surface area contributed by atoms with Gasteiger partial charge in [0.15, 0.2) is 0 Å². The van der Waals surface area contributed by atoms with Gasteiger partial charge in [-0.1, -0.05) is 6.58 Å². The largest absolute Gasteiger partial charge is 0.459 e. The van der Waals surface area contributed by atoms with E-state index in [2.05, 4.69) is 6.58 Å². The molecule has 0 heterocycles. The van der Waals surface area contributed by atoms with Crippen molar-refractivity contribution < 1.29 is 19.1 Å². The summed E-state index contributed by atoms with van der Waals surface area (Å²) in [5, 5.41) is 0. The minimum absolute atomic E-state index is 0.0469. The van der Waals surface area contributed by atoms with Crippen molar-refractivity contribution in [1.82, 2.24) is 4.90 Å². The van der Waals surface area contributed by atoms with Crippen LogP contribution in [0.2, 0.25) is 0 Å². The van der Waals surface area contributed by atoms with Crippen molar-refractivity contribution in [2.24, 2.45) is 0 Å². The quantitative estimate of drug-likeness (QED) is 0.383. The predicted octanol–water partition coefficient (Wildman–Crippen LogP) is 0.804. The second-order valence-corrected chi connectivity index (χ2v) is 2.93. The molecular formula is C9H15NO4. The van der Waals surface area contributed by atoms with Crippen LogP contribution >= 0.6 is 0 Å². The van der Waals surface area contributed by atoms with Gasteiger partial charge in [0.2, 0.25) is 0 Å². The molecule has 0 aromatic carbocycles. The van der Waals surface area contributed by atoms with E-state index in [9.17, 15) is 9.59 Å². The molecule has 80 valence electrons. The molecule has 1 amide bonds. The summed E-state index contributed by atoms with van der Waals surface area (Å²) >= 11 is 0. The van der Waals surface area contributed by atoms with E-state index in [1.165, 1.54) is 4.90 Å². The van der Waals surface area contributed by atoms with E-state index in [1.54, 1.807) is 21.0 Å². The van der Waals surface area contributed by atoms with Gasteiger partial charge in [0.25, 0.3) is 0 Å². The number of rotatable bonds is 4. The molecule has 0 radical (unpaired) electrons. The molecule has 0 saturated heterocycles. The van der Waals surface area contributed by atoms with Crippen molar-refractivity contribution in [2.75, 3.05) is 27.3 Å². The molecule has 0 aliphatic rings. The van der Waals surface area contributed by atoms with Crippen LogP contribution in [0, 0.1) is 0 Å². The molecule has 5 nitrogen and oxygen atoms in total. The summed E-state index contributed by atoms with van der Waals surface area (Å²) in [6.45, 7) is 5.05. The monoisotopic (exact) mass is 201 g/mol. The number of carbonyl (C=O) groups is 2. The average molecular weight is 201 g/mol. The van der Waals surface area contributed by atoms with E-state index in [4.69, 9.17) is 9.47 Å². The van der Waals surface area contributed by atoms with E-state index < -0.39 is 12.1 Å². The minimum Gasteiger partial charge on any atom is -0.459 e. The number of amides is 1. The zero-order chi connectivity index (χ0) is 11.1. The number of esters is 1. The number of ether oxygens (including phenoxy) is 2. The van der Waals surface area contributed by atoms with Crippen molar-refractivity contribution in [3.63, 3.8) is 0 Å². The molecule has 0 spiro atoms. The Morgan fingerprint density at radius 2 is 1.71 bits per heavy atom. The molecule has 0 aromatic heterocycles. The third kappa shape index (κ3) is 5.18. The Hall–Kier alpha value is -1.52. The summed E-state index contributed by atoms with van der Waals surface area (Å²) in [6.07, 6.45) is -0.462. The first-order chi connectivity index (χ1) is 6.45. The maximum atomic E-state index is 10.9. The summed E-state index contributed by atoms with van der Waals surface area (Å²) < 4.78 is 9.41. The summed E-state index contributed by atoms with van der Waals surface area (Å²) in [5.74, 6) is -0.481. The van der Waals surface area contributed by atoms with Gasteiger partial charge in [-0.2, -0.15) is 0 Å². The van der Waals surface area contributed by atoms with Crippen molar-refractivity contribution in [2.45, 2.75) is 6.92 Å². The van der Waals surface area contributed by atoms with Gasteiger partial charge in [-0.15, -0.1) is 0 Å². The normalized spacial score (nSPS) is 9.07. The Balaban J connectivity index is 3.52. The number of hydrogen-bond acceptors (Lipinski definition) is 4. The smallest absolute Gasteiger partial charge is 0.409 e. The maximum absolute atomic E-state index is 10.9. The van der Waals surface area contributed by atoms with Crippen LogP contribution in [-0.2, 0) is 14.3 Å². The maximum Gasteiger partial charge on any atom is 0.409 e. The number of carbonyl (C=O) groups excluding carboxylic acids is 2. The van der Waals surface area contributed by atoms with E-state index in [0.717, 1.165) is 0 Å². The zero-order valence-electron chi connectivity index (χ0n) is 8.70. The molecule has 0 bridgehead atoms. The zero-order valence-corrected chi connectivity index (χ0v) is 8.70. The first-order valence-electron chi connectivity index (χ1n) is 4.12. The van der Waals surface area contributed by atoms with Crippen LogP contribution < -0.4 is 0 Å². The highest BCUT2D eigenvalue weighted by Gasteiger charge is 2.06.